The van der Waals surface area contributed by atoms with E-state index in [4.69, 9.17) is 16.3 Å². The van der Waals surface area contributed by atoms with E-state index in [1.165, 1.54) is 7.11 Å². The van der Waals surface area contributed by atoms with E-state index in [1.54, 1.807) is 0 Å². The number of nitrogens with one attached hydrogen (secondary N) is 2. The van der Waals surface area contributed by atoms with Crippen LogP contribution in [-0.4, -0.2) is 31.4 Å². The van der Waals surface area contributed by atoms with Gasteiger partial charge in [-0.25, -0.2) is 0 Å². The maximum atomic E-state index is 12.0. The molecular formula is C19H20BrClN2O3. The number of halogens is 2. The van der Waals surface area contributed by atoms with Gasteiger partial charge in [0.1, 0.15) is 0 Å². The SMILES string of the molecule is COC(=O)CN[C@@H](c1ccccc1)c1cc(Br)ccc1NC(=O)CCCl. The topological polar surface area (TPSA) is 67.4 Å². The first-order chi connectivity index (χ1) is 12.5. The van der Waals surface area contributed by atoms with Crippen molar-refractivity contribution in [2.75, 3.05) is 24.9 Å². The van der Waals surface area contributed by atoms with E-state index in [-0.39, 0.29) is 36.8 Å². The molecule has 0 bridgehead atoms. The van der Waals surface area contributed by atoms with Gasteiger partial charge in [0, 0.05) is 22.5 Å². The van der Waals surface area contributed by atoms with Gasteiger partial charge < -0.3 is 10.1 Å². The monoisotopic (exact) mass is 438 g/mol. The molecule has 0 saturated carbocycles. The molecule has 2 aromatic rings. The van der Waals surface area contributed by atoms with Crippen LogP contribution >= 0.6 is 27.5 Å². The van der Waals surface area contributed by atoms with E-state index in [1.807, 2.05) is 48.5 Å². The Hall–Kier alpha value is -1.89. The molecule has 138 valence electrons. The van der Waals surface area contributed by atoms with Crippen LogP contribution in [0.1, 0.15) is 23.6 Å². The third kappa shape index (κ3) is 5.83. The van der Waals surface area contributed by atoms with Crippen LogP contribution in [0.15, 0.2) is 53.0 Å². The lowest BCUT2D eigenvalue weighted by molar-refractivity contribution is -0.139. The summed E-state index contributed by atoms with van der Waals surface area (Å²) >= 11 is 9.13. The fourth-order valence-electron chi connectivity index (χ4n) is 2.50. The number of ether oxygens (including phenoxy) is 1. The smallest absolute Gasteiger partial charge is 0.319 e. The highest BCUT2D eigenvalue weighted by molar-refractivity contribution is 9.10. The lowest BCUT2D eigenvalue weighted by Gasteiger charge is -2.23. The minimum absolute atomic E-state index is 0.0393. The fourth-order valence-corrected chi connectivity index (χ4v) is 3.05. The number of carbonyl (C=O) groups is 2. The van der Waals surface area contributed by atoms with Crippen LogP contribution in [-0.2, 0) is 14.3 Å². The van der Waals surface area contributed by atoms with Crippen LogP contribution in [0.2, 0.25) is 0 Å². The Morgan fingerprint density at radius 2 is 1.92 bits per heavy atom. The van der Waals surface area contributed by atoms with Crippen LogP contribution in [0.3, 0.4) is 0 Å². The van der Waals surface area contributed by atoms with Crippen LogP contribution in [0.5, 0.6) is 0 Å². The van der Waals surface area contributed by atoms with E-state index in [2.05, 4.69) is 26.6 Å². The first kappa shape index (κ1) is 20.4. The maximum Gasteiger partial charge on any atom is 0.319 e. The lowest BCUT2D eigenvalue weighted by Crippen LogP contribution is -2.30. The third-order valence-electron chi connectivity index (χ3n) is 3.73. The fraction of sp³-hybridized carbons (Fsp3) is 0.263. The lowest BCUT2D eigenvalue weighted by atomic mass is 9.97. The van der Waals surface area contributed by atoms with Crippen LogP contribution in [0.25, 0.3) is 0 Å². The minimum Gasteiger partial charge on any atom is -0.468 e. The minimum atomic E-state index is -0.367. The van der Waals surface area contributed by atoms with Gasteiger partial charge in [0.05, 0.1) is 19.7 Å². The van der Waals surface area contributed by atoms with Crippen molar-refractivity contribution in [3.05, 3.63) is 64.1 Å². The third-order valence-corrected chi connectivity index (χ3v) is 4.41. The Morgan fingerprint density at radius 3 is 2.58 bits per heavy atom. The van der Waals surface area contributed by atoms with E-state index >= 15 is 0 Å². The van der Waals surface area contributed by atoms with Gasteiger partial charge in [0.15, 0.2) is 0 Å². The summed E-state index contributed by atoms with van der Waals surface area (Å²) in [6, 6.07) is 15.0. The number of benzene rings is 2. The van der Waals surface area contributed by atoms with Gasteiger partial charge in [-0.3, -0.25) is 14.9 Å². The highest BCUT2D eigenvalue weighted by Crippen LogP contribution is 2.31. The van der Waals surface area contributed by atoms with Crippen molar-refractivity contribution >= 4 is 45.1 Å². The van der Waals surface area contributed by atoms with Gasteiger partial charge in [-0.05, 0) is 29.3 Å². The molecule has 0 aliphatic rings. The zero-order chi connectivity index (χ0) is 18.9. The average Bonchev–Trinajstić information content (AvgIpc) is 2.64. The highest BCUT2D eigenvalue weighted by atomic mass is 79.9. The molecule has 2 aromatic carbocycles. The summed E-state index contributed by atoms with van der Waals surface area (Å²) in [6.45, 7) is 0.0393. The van der Waals surface area contributed by atoms with Crippen molar-refractivity contribution in [3.8, 4) is 0 Å². The zero-order valence-electron chi connectivity index (χ0n) is 14.3. The first-order valence-electron chi connectivity index (χ1n) is 8.05. The molecule has 7 heteroatoms. The standard InChI is InChI=1S/C19H20BrClN2O3/c1-26-18(25)12-22-19(13-5-3-2-4-6-13)15-11-14(20)7-8-16(15)23-17(24)9-10-21/h2-8,11,19,22H,9-10,12H2,1H3,(H,23,24)/t19-/m0/s1. The number of esters is 1. The van der Waals surface area contributed by atoms with E-state index in [0.29, 0.717) is 5.69 Å². The molecule has 0 spiro atoms. The second-order valence-electron chi connectivity index (χ2n) is 5.52. The summed E-state index contributed by atoms with van der Waals surface area (Å²) in [5.74, 6) is -0.280. The summed E-state index contributed by atoms with van der Waals surface area (Å²) in [6.07, 6.45) is 0.225. The molecule has 0 fully saturated rings. The zero-order valence-corrected chi connectivity index (χ0v) is 16.6. The van der Waals surface area contributed by atoms with Gasteiger partial charge in [-0.15, -0.1) is 11.6 Å². The first-order valence-corrected chi connectivity index (χ1v) is 9.38. The van der Waals surface area contributed by atoms with Crippen LogP contribution < -0.4 is 10.6 Å². The maximum absolute atomic E-state index is 12.0. The number of carbonyl (C=O) groups excluding carboxylic acids is 2. The van der Waals surface area contributed by atoms with Gasteiger partial charge >= 0.3 is 5.97 Å². The van der Waals surface area contributed by atoms with Gasteiger partial charge in [0.2, 0.25) is 5.91 Å². The van der Waals surface area contributed by atoms with Gasteiger partial charge in [0.25, 0.3) is 0 Å². The number of methoxy groups -OCH3 is 1. The predicted molar refractivity (Wildman–Crippen MR) is 106 cm³/mol. The Kier molecular flexibility index (Phi) is 8.09. The predicted octanol–water partition coefficient (Wildman–Crippen LogP) is 3.87. The summed E-state index contributed by atoms with van der Waals surface area (Å²) in [5, 5.41) is 6.09. The molecule has 2 rings (SSSR count). The second kappa shape index (κ2) is 10.3. The molecule has 0 unspecified atom stereocenters. The Labute approximate surface area is 166 Å². The average molecular weight is 440 g/mol. The number of hydrogen-bond acceptors (Lipinski definition) is 4. The van der Waals surface area contributed by atoms with E-state index in [0.717, 1.165) is 15.6 Å². The number of anilines is 1. The normalized spacial score (nSPS) is 11.7. The molecule has 0 saturated heterocycles. The molecule has 0 radical (unpaired) electrons. The van der Waals surface area contributed by atoms with Crippen LogP contribution in [0, 0.1) is 0 Å². The molecular weight excluding hydrogens is 420 g/mol. The summed E-state index contributed by atoms with van der Waals surface area (Å²) in [5.41, 5.74) is 2.45. The molecule has 26 heavy (non-hydrogen) atoms. The number of hydrogen-bond donors (Lipinski definition) is 2. The molecule has 0 aliphatic carbocycles. The quantitative estimate of drug-likeness (QED) is 0.484. The molecule has 0 aliphatic heterocycles. The Bertz CT molecular complexity index is 756. The Balaban J connectivity index is 2.40. The van der Waals surface area contributed by atoms with Crippen molar-refractivity contribution in [1.29, 1.82) is 0 Å². The van der Waals surface area contributed by atoms with Crippen molar-refractivity contribution < 1.29 is 14.3 Å². The van der Waals surface area contributed by atoms with Crippen molar-refractivity contribution in [2.45, 2.75) is 12.5 Å². The Morgan fingerprint density at radius 1 is 1.19 bits per heavy atom. The van der Waals surface area contributed by atoms with Gasteiger partial charge in [-0.1, -0.05) is 46.3 Å². The van der Waals surface area contributed by atoms with E-state index in [9.17, 15) is 9.59 Å². The number of alkyl halides is 1. The summed E-state index contributed by atoms with van der Waals surface area (Å²) < 4.78 is 5.59. The molecule has 2 N–H and O–H groups in total. The summed E-state index contributed by atoms with van der Waals surface area (Å²) in [4.78, 5) is 23.6. The number of rotatable bonds is 8. The van der Waals surface area contributed by atoms with Gasteiger partial charge in [-0.2, -0.15) is 0 Å². The van der Waals surface area contributed by atoms with Crippen LogP contribution in [0.4, 0.5) is 5.69 Å². The highest BCUT2D eigenvalue weighted by Gasteiger charge is 2.20. The molecule has 0 aromatic heterocycles. The second-order valence-corrected chi connectivity index (χ2v) is 6.81. The molecule has 5 nitrogen and oxygen atoms in total. The molecule has 1 amide bonds. The molecule has 1 atom stereocenters. The summed E-state index contributed by atoms with van der Waals surface area (Å²) in [7, 11) is 1.35. The van der Waals surface area contributed by atoms with Crippen molar-refractivity contribution in [2.24, 2.45) is 0 Å². The number of amides is 1. The molecule has 0 heterocycles. The van der Waals surface area contributed by atoms with Crippen molar-refractivity contribution in [3.63, 3.8) is 0 Å². The van der Waals surface area contributed by atoms with Crippen molar-refractivity contribution in [1.82, 2.24) is 5.32 Å². The largest absolute Gasteiger partial charge is 0.468 e. The van der Waals surface area contributed by atoms with E-state index < -0.39 is 0 Å².